The van der Waals surface area contributed by atoms with E-state index in [9.17, 15) is 0 Å². The number of nitrogens with zero attached hydrogens (tertiary/aromatic N) is 1. The van der Waals surface area contributed by atoms with Crippen molar-refractivity contribution in [3.05, 3.63) is 0 Å². The van der Waals surface area contributed by atoms with Gasteiger partial charge in [0, 0.05) is 19.1 Å². The van der Waals surface area contributed by atoms with Gasteiger partial charge in [-0.1, -0.05) is 27.2 Å². The molecule has 0 amide bonds. The monoisotopic (exact) mass is 198 g/mol. The number of hydrogen-bond donors (Lipinski definition) is 1. The topological polar surface area (TPSA) is 29.3 Å². The molecule has 0 spiro atoms. The van der Waals surface area contributed by atoms with Crippen LogP contribution in [0.4, 0.5) is 0 Å². The lowest BCUT2D eigenvalue weighted by molar-refractivity contribution is 0.0947. The fourth-order valence-electron chi connectivity index (χ4n) is 2.43. The van der Waals surface area contributed by atoms with Crippen molar-refractivity contribution in [1.82, 2.24) is 4.90 Å². The van der Waals surface area contributed by atoms with E-state index in [4.69, 9.17) is 5.73 Å². The second kappa shape index (κ2) is 5.72. The highest BCUT2D eigenvalue weighted by molar-refractivity contribution is 4.85. The number of hydrogen-bond acceptors (Lipinski definition) is 2. The summed E-state index contributed by atoms with van der Waals surface area (Å²) in [4.78, 5) is 2.58. The minimum absolute atomic E-state index is 0.649. The van der Waals surface area contributed by atoms with Crippen molar-refractivity contribution >= 4 is 0 Å². The average Bonchev–Trinajstić information content (AvgIpc) is 2.07. The van der Waals surface area contributed by atoms with Crippen molar-refractivity contribution in [2.75, 3.05) is 19.6 Å². The van der Waals surface area contributed by atoms with Crippen LogP contribution in [0.1, 0.15) is 40.0 Å². The standard InChI is InChI=1S/C12H26N2/c1-4-14(9-10(2)3)12(8-13)11-6-5-7-11/h10-12H,4-9,13H2,1-3H3. The van der Waals surface area contributed by atoms with Crippen molar-refractivity contribution in [2.24, 2.45) is 17.6 Å². The van der Waals surface area contributed by atoms with Crippen LogP contribution in [0.3, 0.4) is 0 Å². The smallest absolute Gasteiger partial charge is 0.0246 e. The molecule has 0 aliphatic heterocycles. The second-order valence-electron chi connectivity index (χ2n) is 4.98. The molecule has 1 unspecified atom stereocenters. The maximum absolute atomic E-state index is 5.89. The molecule has 1 atom stereocenters. The zero-order valence-corrected chi connectivity index (χ0v) is 10.00. The fraction of sp³-hybridized carbons (Fsp3) is 1.00. The summed E-state index contributed by atoms with van der Waals surface area (Å²) in [7, 11) is 0. The molecule has 0 bridgehead atoms. The van der Waals surface area contributed by atoms with Gasteiger partial charge in [-0.05, 0) is 31.2 Å². The molecular weight excluding hydrogens is 172 g/mol. The third-order valence-electron chi connectivity index (χ3n) is 3.41. The van der Waals surface area contributed by atoms with Gasteiger partial charge >= 0.3 is 0 Å². The lowest BCUT2D eigenvalue weighted by Crippen LogP contribution is -2.48. The van der Waals surface area contributed by atoms with E-state index in [0.717, 1.165) is 24.9 Å². The normalized spacial score (nSPS) is 20.1. The number of rotatable bonds is 6. The molecule has 2 nitrogen and oxygen atoms in total. The van der Waals surface area contributed by atoms with Gasteiger partial charge in [0.15, 0.2) is 0 Å². The Labute approximate surface area is 88.8 Å². The third kappa shape index (κ3) is 2.96. The maximum Gasteiger partial charge on any atom is 0.0246 e. The quantitative estimate of drug-likeness (QED) is 0.708. The van der Waals surface area contributed by atoms with Gasteiger partial charge in [-0.2, -0.15) is 0 Å². The zero-order valence-electron chi connectivity index (χ0n) is 10.00. The van der Waals surface area contributed by atoms with Crippen LogP contribution in [0.15, 0.2) is 0 Å². The highest BCUT2D eigenvalue weighted by Gasteiger charge is 2.30. The Morgan fingerprint density at radius 3 is 2.29 bits per heavy atom. The predicted molar refractivity (Wildman–Crippen MR) is 62.3 cm³/mol. The van der Waals surface area contributed by atoms with Crippen molar-refractivity contribution in [3.8, 4) is 0 Å². The first-order chi connectivity index (χ1) is 6.69. The van der Waals surface area contributed by atoms with E-state index in [1.165, 1.54) is 25.8 Å². The zero-order chi connectivity index (χ0) is 10.6. The minimum atomic E-state index is 0.649. The van der Waals surface area contributed by atoms with Gasteiger partial charge in [-0.15, -0.1) is 0 Å². The Morgan fingerprint density at radius 1 is 1.36 bits per heavy atom. The summed E-state index contributed by atoms with van der Waals surface area (Å²) in [5.41, 5.74) is 5.89. The largest absolute Gasteiger partial charge is 0.329 e. The summed E-state index contributed by atoms with van der Waals surface area (Å²) in [5, 5.41) is 0. The van der Waals surface area contributed by atoms with Gasteiger partial charge < -0.3 is 5.73 Å². The van der Waals surface area contributed by atoms with E-state index >= 15 is 0 Å². The molecule has 2 N–H and O–H groups in total. The Balaban J connectivity index is 2.45. The van der Waals surface area contributed by atoms with Gasteiger partial charge in [-0.25, -0.2) is 0 Å². The SMILES string of the molecule is CCN(CC(C)C)C(CN)C1CCC1. The summed E-state index contributed by atoms with van der Waals surface area (Å²) in [6, 6.07) is 0.649. The molecule has 1 aliphatic rings. The van der Waals surface area contributed by atoms with E-state index in [1.54, 1.807) is 0 Å². The molecular formula is C12H26N2. The van der Waals surface area contributed by atoms with Crippen molar-refractivity contribution in [1.29, 1.82) is 0 Å². The highest BCUT2D eigenvalue weighted by atomic mass is 15.2. The summed E-state index contributed by atoms with van der Waals surface area (Å²) < 4.78 is 0. The molecule has 84 valence electrons. The first kappa shape index (κ1) is 12.0. The molecule has 0 aromatic carbocycles. The van der Waals surface area contributed by atoms with E-state index < -0.39 is 0 Å². The lowest BCUT2D eigenvalue weighted by atomic mass is 9.79. The van der Waals surface area contributed by atoms with Crippen LogP contribution in [0.5, 0.6) is 0 Å². The molecule has 0 saturated heterocycles. The van der Waals surface area contributed by atoms with Gasteiger partial charge in [0.1, 0.15) is 0 Å². The molecule has 0 aromatic heterocycles. The van der Waals surface area contributed by atoms with Crippen LogP contribution < -0.4 is 5.73 Å². The fourth-order valence-corrected chi connectivity index (χ4v) is 2.43. The van der Waals surface area contributed by atoms with Crippen LogP contribution in [-0.2, 0) is 0 Å². The molecule has 0 radical (unpaired) electrons. The Kier molecular flexibility index (Phi) is 4.90. The van der Waals surface area contributed by atoms with Gasteiger partial charge in [0.2, 0.25) is 0 Å². The Hall–Kier alpha value is -0.0800. The van der Waals surface area contributed by atoms with Crippen LogP contribution >= 0.6 is 0 Å². The summed E-state index contributed by atoms with van der Waals surface area (Å²) in [6.45, 7) is 10.0. The van der Waals surface area contributed by atoms with E-state index in [0.29, 0.717) is 6.04 Å². The van der Waals surface area contributed by atoms with Gasteiger partial charge in [0.25, 0.3) is 0 Å². The number of likely N-dealkylation sites (N-methyl/N-ethyl adjacent to an activating group) is 1. The predicted octanol–water partition coefficient (Wildman–Crippen LogP) is 2.09. The van der Waals surface area contributed by atoms with Crippen LogP contribution in [0.2, 0.25) is 0 Å². The van der Waals surface area contributed by atoms with Crippen LogP contribution in [0.25, 0.3) is 0 Å². The highest BCUT2D eigenvalue weighted by Crippen LogP contribution is 2.32. The van der Waals surface area contributed by atoms with Crippen LogP contribution in [0, 0.1) is 11.8 Å². The summed E-state index contributed by atoms with van der Waals surface area (Å²) in [5.74, 6) is 1.64. The maximum atomic E-state index is 5.89. The molecule has 1 saturated carbocycles. The second-order valence-corrected chi connectivity index (χ2v) is 4.98. The third-order valence-corrected chi connectivity index (χ3v) is 3.41. The summed E-state index contributed by atoms with van der Waals surface area (Å²) >= 11 is 0. The van der Waals surface area contributed by atoms with Gasteiger partial charge in [-0.3, -0.25) is 4.90 Å². The van der Waals surface area contributed by atoms with Crippen molar-refractivity contribution in [3.63, 3.8) is 0 Å². The molecule has 1 fully saturated rings. The molecule has 14 heavy (non-hydrogen) atoms. The molecule has 2 heteroatoms. The van der Waals surface area contributed by atoms with E-state index in [-0.39, 0.29) is 0 Å². The molecule has 1 rings (SSSR count). The molecule has 0 aromatic rings. The molecule has 1 aliphatic carbocycles. The van der Waals surface area contributed by atoms with Crippen molar-refractivity contribution < 1.29 is 0 Å². The Morgan fingerprint density at radius 2 is 2.00 bits per heavy atom. The van der Waals surface area contributed by atoms with Gasteiger partial charge in [0.05, 0.1) is 0 Å². The van der Waals surface area contributed by atoms with E-state index in [2.05, 4.69) is 25.7 Å². The van der Waals surface area contributed by atoms with Crippen LogP contribution in [-0.4, -0.2) is 30.6 Å². The summed E-state index contributed by atoms with van der Waals surface area (Å²) in [6.07, 6.45) is 4.22. The first-order valence-electron chi connectivity index (χ1n) is 6.13. The van der Waals surface area contributed by atoms with E-state index in [1.807, 2.05) is 0 Å². The lowest BCUT2D eigenvalue weighted by Gasteiger charge is -2.41. The minimum Gasteiger partial charge on any atom is -0.329 e. The molecule has 0 heterocycles. The number of nitrogens with two attached hydrogens (primary N) is 1. The van der Waals surface area contributed by atoms with Crippen molar-refractivity contribution in [2.45, 2.75) is 46.1 Å². The first-order valence-corrected chi connectivity index (χ1v) is 6.13. The average molecular weight is 198 g/mol. The Bertz CT molecular complexity index is 152.